The average Bonchev–Trinajstić information content (AvgIpc) is 2.99. The molecule has 0 spiro atoms. The minimum Gasteiger partial charge on any atom is -0.507 e. The number of hydrogen-bond donors (Lipinski definition) is 4. The zero-order valence-corrected chi connectivity index (χ0v) is 17.7. The minimum absolute atomic E-state index is 0.0300. The van der Waals surface area contributed by atoms with Gasteiger partial charge in [0.05, 0.1) is 17.3 Å². The highest BCUT2D eigenvalue weighted by Crippen LogP contribution is 2.38. The van der Waals surface area contributed by atoms with Crippen LogP contribution in [0.2, 0.25) is 0 Å². The second-order valence-corrected chi connectivity index (χ2v) is 8.38. The van der Waals surface area contributed by atoms with Crippen LogP contribution in [0.25, 0.3) is 0 Å². The van der Waals surface area contributed by atoms with Crippen LogP contribution in [0.3, 0.4) is 0 Å². The number of phenolic OH excluding ortho intramolecular Hbond substituents is 2. The van der Waals surface area contributed by atoms with Crippen LogP contribution in [-0.4, -0.2) is 38.1 Å². The fourth-order valence-electron chi connectivity index (χ4n) is 3.23. The number of allylic oxidation sites excluding steroid dienone is 4. The molecule has 1 aromatic rings. The van der Waals surface area contributed by atoms with Gasteiger partial charge in [0.25, 0.3) is 0 Å². The standard InChI is InChI=1S/C23H32O6/c1-14(6-5-7-15(2)9-11-20(25)23(3,4)28)8-10-16-19(24)12-17-18(21(16)26)13-29-22(17)27/h7-8,12,20,24-26,28H,5-6,9-11,13H2,1-4H3/b14-8+,15-7+/t20-/m0/s1. The van der Waals surface area contributed by atoms with Gasteiger partial charge in [0.1, 0.15) is 18.1 Å². The molecule has 0 fully saturated rings. The lowest BCUT2D eigenvalue weighted by Crippen LogP contribution is -2.35. The Bertz CT molecular complexity index is 814. The van der Waals surface area contributed by atoms with Crippen molar-refractivity contribution in [3.63, 3.8) is 0 Å². The average molecular weight is 405 g/mol. The van der Waals surface area contributed by atoms with Crippen LogP contribution in [0.4, 0.5) is 0 Å². The molecule has 29 heavy (non-hydrogen) atoms. The van der Waals surface area contributed by atoms with Gasteiger partial charge in [-0.05, 0) is 65.9 Å². The number of aliphatic hydroxyl groups excluding tert-OH is 1. The van der Waals surface area contributed by atoms with Crippen LogP contribution < -0.4 is 0 Å². The Morgan fingerprint density at radius 3 is 2.52 bits per heavy atom. The summed E-state index contributed by atoms with van der Waals surface area (Å²) >= 11 is 0. The van der Waals surface area contributed by atoms with Gasteiger partial charge in [-0.25, -0.2) is 4.79 Å². The van der Waals surface area contributed by atoms with Gasteiger partial charge in [-0.15, -0.1) is 0 Å². The van der Waals surface area contributed by atoms with E-state index in [0.717, 1.165) is 24.8 Å². The lowest BCUT2D eigenvalue weighted by Gasteiger charge is -2.24. The highest BCUT2D eigenvalue weighted by Gasteiger charge is 2.28. The summed E-state index contributed by atoms with van der Waals surface area (Å²) in [5.41, 5.74) is 2.25. The molecule has 0 unspecified atom stereocenters. The third kappa shape index (κ3) is 6.08. The van der Waals surface area contributed by atoms with Crippen LogP contribution in [0.15, 0.2) is 29.4 Å². The van der Waals surface area contributed by atoms with Gasteiger partial charge in [0.15, 0.2) is 0 Å². The molecule has 4 N–H and O–H groups in total. The molecule has 1 heterocycles. The summed E-state index contributed by atoms with van der Waals surface area (Å²) in [4.78, 5) is 11.6. The summed E-state index contributed by atoms with van der Waals surface area (Å²) in [5, 5.41) is 40.2. The van der Waals surface area contributed by atoms with Gasteiger partial charge in [-0.3, -0.25) is 0 Å². The number of carbonyl (C=O) groups excluding carboxylic acids is 1. The number of esters is 1. The largest absolute Gasteiger partial charge is 0.507 e. The topological polar surface area (TPSA) is 107 Å². The van der Waals surface area contributed by atoms with Gasteiger partial charge in [0.2, 0.25) is 0 Å². The van der Waals surface area contributed by atoms with Crippen molar-refractivity contribution in [2.45, 2.75) is 78.1 Å². The fraction of sp³-hybridized carbons (Fsp3) is 0.522. The van der Waals surface area contributed by atoms with Crippen molar-refractivity contribution in [1.82, 2.24) is 0 Å². The van der Waals surface area contributed by atoms with Gasteiger partial charge in [-0.1, -0.05) is 23.3 Å². The molecule has 2 rings (SSSR count). The molecule has 1 atom stereocenters. The Hall–Kier alpha value is -2.31. The highest BCUT2D eigenvalue weighted by atomic mass is 16.5. The number of carbonyl (C=O) groups is 1. The smallest absolute Gasteiger partial charge is 0.339 e. The number of benzene rings is 1. The summed E-state index contributed by atoms with van der Waals surface area (Å²) in [6.07, 6.45) is 6.63. The first-order valence-corrected chi connectivity index (χ1v) is 9.96. The lowest BCUT2D eigenvalue weighted by molar-refractivity contribution is -0.0509. The van der Waals surface area contributed by atoms with E-state index in [9.17, 15) is 25.2 Å². The molecular weight excluding hydrogens is 372 g/mol. The van der Waals surface area contributed by atoms with Crippen molar-refractivity contribution in [1.29, 1.82) is 0 Å². The van der Waals surface area contributed by atoms with E-state index in [1.54, 1.807) is 13.8 Å². The number of phenols is 2. The number of hydrogen-bond acceptors (Lipinski definition) is 6. The van der Waals surface area contributed by atoms with Crippen molar-refractivity contribution in [3.05, 3.63) is 46.1 Å². The maximum absolute atomic E-state index is 11.6. The zero-order valence-electron chi connectivity index (χ0n) is 17.7. The van der Waals surface area contributed by atoms with Gasteiger partial charge in [-0.2, -0.15) is 0 Å². The normalized spacial score (nSPS) is 16.0. The molecule has 160 valence electrons. The molecule has 1 aliphatic heterocycles. The van der Waals surface area contributed by atoms with Crippen molar-refractivity contribution < 1.29 is 30.0 Å². The highest BCUT2D eigenvalue weighted by molar-refractivity contribution is 5.95. The quantitative estimate of drug-likeness (QED) is 0.367. The summed E-state index contributed by atoms with van der Waals surface area (Å²) in [7, 11) is 0. The van der Waals surface area contributed by atoms with Crippen LogP contribution >= 0.6 is 0 Å². The lowest BCUT2D eigenvalue weighted by atomic mass is 9.95. The van der Waals surface area contributed by atoms with Gasteiger partial charge >= 0.3 is 5.97 Å². The fourth-order valence-corrected chi connectivity index (χ4v) is 3.23. The Kier molecular flexibility index (Phi) is 7.49. The van der Waals surface area contributed by atoms with E-state index in [4.69, 9.17) is 4.74 Å². The molecular formula is C23H32O6. The summed E-state index contributed by atoms with van der Waals surface area (Å²) < 4.78 is 4.91. The first-order valence-electron chi connectivity index (χ1n) is 9.96. The van der Waals surface area contributed by atoms with Gasteiger partial charge < -0.3 is 25.2 Å². The van der Waals surface area contributed by atoms with Crippen LogP contribution in [0.1, 0.15) is 74.9 Å². The maximum Gasteiger partial charge on any atom is 0.339 e. The van der Waals surface area contributed by atoms with Crippen LogP contribution in [0, 0.1) is 0 Å². The molecule has 6 heteroatoms. The Morgan fingerprint density at radius 1 is 1.21 bits per heavy atom. The van der Waals surface area contributed by atoms with Crippen molar-refractivity contribution in [2.24, 2.45) is 0 Å². The molecule has 1 aliphatic rings. The Labute approximate surface area is 172 Å². The van der Waals surface area contributed by atoms with E-state index in [-0.39, 0.29) is 23.7 Å². The number of aliphatic hydroxyl groups is 2. The summed E-state index contributed by atoms with van der Waals surface area (Å²) in [6, 6.07) is 1.36. The molecule has 6 nitrogen and oxygen atoms in total. The van der Waals surface area contributed by atoms with Crippen molar-refractivity contribution in [2.75, 3.05) is 0 Å². The second kappa shape index (κ2) is 9.46. The molecule has 0 saturated carbocycles. The van der Waals surface area contributed by atoms with E-state index in [1.807, 2.05) is 19.9 Å². The molecule has 1 aromatic carbocycles. The number of ether oxygens (including phenoxy) is 1. The van der Waals surface area contributed by atoms with E-state index < -0.39 is 17.7 Å². The van der Waals surface area contributed by atoms with E-state index >= 15 is 0 Å². The first-order chi connectivity index (χ1) is 13.5. The van der Waals surface area contributed by atoms with Crippen molar-refractivity contribution >= 4 is 5.97 Å². The monoisotopic (exact) mass is 404 g/mol. The number of cyclic esters (lactones) is 1. The molecule has 0 saturated heterocycles. The SMILES string of the molecule is C/C(=C\Cc1c(O)cc2c(c1O)COC2=O)CC/C=C(\C)CC[C@H](O)C(C)(C)O. The number of aromatic hydroxyl groups is 2. The summed E-state index contributed by atoms with van der Waals surface area (Å²) in [6.45, 7) is 7.25. The van der Waals surface area contributed by atoms with Gasteiger partial charge in [0, 0.05) is 11.1 Å². The third-order valence-corrected chi connectivity index (χ3v) is 5.37. The Balaban J connectivity index is 1.89. The van der Waals surface area contributed by atoms with E-state index in [0.29, 0.717) is 24.0 Å². The van der Waals surface area contributed by atoms with E-state index in [1.165, 1.54) is 11.6 Å². The summed E-state index contributed by atoms with van der Waals surface area (Å²) in [5.74, 6) is -0.706. The van der Waals surface area contributed by atoms with Crippen molar-refractivity contribution in [3.8, 4) is 11.5 Å². The first kappa shape index (κ1) is 23.0. The second-order valence-electron chi connectivity index (χ2n) is 8.38. The molecule has 0 bridgehead atoms. The number of fused-ring (bicyclic) bond motifs is 1. The third-order valence-electron chi connectivity index (χ3n) is 5.37. The maximum atomic E-state index is 11.6. The Morgan fingerprint density at radius 2 is 1.86 bits per heavy atom. The molecule has 0 radical (unpaired) electrons. The molecule has 0 aliphatic carbocycles. The minimum atomic E-state index is -1.09. The predicted octanol–water partition coefficient (Wildman–Crippen LogP) is 3.90. The van der Waals surface area contributed by atoms with Crippen LogP contribution in [0.5, 0.6) is 11.5 Å². The van der Waals surface area contributed by atoms with Crippen LogP contribution in [-0.2, 0) is 17.8 Å². The molecule has 0 amide bonds. The molecule has 0 aromatic heterocycles. The number of rotatable bonds is 9. The predicted molar refractivity (Wildman–Crippen MR) is 111 cm³/mol. The zero-order chi connectivity index (χ0) is 21.8. The van der Waals surface area contributed by atoms with E-state index in [2.05, 4.69) is 6.08 Å².